The number of morpholine rings is 1. The lowest BCUT2D eigenvalue weighted by atomic mass is 10.2. The van der Waals surface area contributed by atoms with Gasteiger partial charge in [-0.15, -0.1) is 11.3 Å². The number of carbonyl (C=O) groups excluding carboxylic acids is 2. The van der Waals surface area contributed by atoms with Gasteiger partial charge in [-0.3, -0.25) is 30.1 Å². The molecule has 4 rings (SSSR count). The van der Waals surface area contributed by atoms with Crippen molar-refractivity contribution in [1.29, 1.82) is 0 Å². The van der Waals surface area contributed by atoms with Crippen molar-refractivity contribution >= 4 is 40.5 Å². The molecule has 0 saturated carbocycles. The van der Waals surface area contributed by atoms with E-state index in [0.29, 0.717) is 24.8 Å². The monoisotopic (exact) mass is 475 g/mol. The van der Waals surface area contributed by atoms with E-state index < -0.39 is 11.8 Å². The lowest BCUT2D eigenvalue weighted by molar-refractivity contribution is -0.122. The predicted molar refractivity (Wildman–Crippen MR) is 120 cm³/mol. The van der Waals surface area contributed by atoms with Crippen LogP contribution in [0.1, 0.15) is 10.5 Å². The third-order valence-corrected chi connectivity index (χ3v) is 5.94. The molecule has 13 heteroatoms. The number of thiazole rings is 1. The van der Waals surface area contributed by atoms with Crippen LogP contribution in [0.15, 0.2) is 29.6 Å². The molecule has 1 fully saturated rings. The summed E-state index contributed by atoms with van der Waals surface area (Å²) in [5, 5.41) is 9.29. The minimum Gasteiger partial charge on any atom is -0.497 e. The maximum atomic E-state index is 12.4. The largest absolute Gasteiger partial charge is 0.497 e. The van der Waals surface area contributed by atoms with Crippen LogP contribution in [0.3, 0.4) is 0 Å². The summed E-state index contributed by atoms with van der Waals surface area (Å²) < 4.78 is 12.3. The van der Waals surface area contributed by atoms with Crippen molar-refractivity contribution in [2.45, 2.75) is 6.54 Å². The summed E-state index contributed by atoms with van der Waals surface area (Å²) in [5.74, 6) is 0.233. The topological polar surface area (TPSA) is 126 Å². The van der Waals surface area contributed by atoms with Gasteiger partial charge in [0.15, 0.2) is 15.7 Å². The highest BCUT2D eigenvalue weighted by molar-refractivity contribution is 7.71. The van der Waals surface area contributed by atoms with E-state index in [1.54, 1.807) is 24.6 Å². The number of benzene rings is 1. The van der Waals surface area contributed by atoms with Crippen molar-refractivity contribution < 1.29 is 19.1 Å². The van der Waals surface area contributed by atoms with Gasteiger partial charge < -0.3 is 14.4 Å². The first-order valence-electron chi connectivity index (χ1n) is 9.72. The Hall–Kier alpha value is -3.29. The molecule has 1 aromatic carbocycles. The molecule has 32 heavy (non-hydrogen) atoms. The Balaban J connectivity index is 1.36. The van der Waals surface area contributed by atoms with E-state index in [9.17, 15) is 9.59 Å². The highest BCUT2D eigenvalue weighted by Crippen LogP contribution is 2.22. The van der Waals surface area contributed by atoms with Gasteiger partial charge in [-0.05, 0) is 36.5 Å². The van der Waals surface area contributed by atoms with Crippen LogP contribution in [0.4, 0.5) is 5.13 Å². The van der Waals surface area contributed by atoms with Crippen LogP contribution >= 0.6 is 23.6 Å². The number of aromatic nitrogens is 4. The molecule has 1 aliphatic heterocycles. The van der Waals surface area contributed by atoms with Gasteiger partial charge in [0.2, 0.25) is 0 Å². The normalized spacial score (nSPS) is 13.6. The molecule has 0 atom stereocenters. The number of nitrogens with one attached hydrogen (secondary N) is 3. The number of carbonyl (C=O) groups is 2. The average Bonchev–Trinajstić information content (AvgIpc) is 3.46. The summed E-state index contributed by atoms with van der Waals surface area (Å²) in [6, 6.07) is 7.20. The standard InChI is InChI=1S/C19H21N7O4S2/c1-29-13-4-2-12(3-5-13)16-22-24-18(31)26(16)10-15(27)21-23-17(28)14-11-32-19(20-14)25-6-8-30-9-7-25/h2-5,11H,6-10H2,1H3,(H,21,27)(H,23,28)(H,24,31). The Morgan fingerprint density at radius 3 is 2.72 bits per heavy atom. The van der Waals surface area contributed by atoms with Crippen molar-refractivity contribution in [3.8, 4) is 17.1 Å². The number of ether oxygens (including phenoxy) is 2. The van der Waals surface area contributed by atoms with Gasteiger partial charge >= 0.3 is 0 Å². The minimum atomic E-state index is -0.500. The third kappa shape index (κ3) is 4.95. The summed E-state index contributed by atoms with van der Waals surface area (Å²) >= 11 is 6.62. The van der Waals surface area contributed by atoms with Gasteiger partial charge in [0, 0.05) is 24.0 Å². The highest BCUT2D eigenvalue weighted by atomic mass is 32.1. The lowest BCUT2D eigenvalue weighted by Gasteiger charge is -2.25. The number of aromatic amines is 1. The molecule has 3 aromatic rings. The average molecular weight is 476 g/mol. The molecule has 3 N–H and O–H groups in total. The smallest absolute Gasteiger partial charge is 0.289 e. The van der Waals surface area contributed by atoms with Crippen molar-refractivity contribution in [2.75, 3.05) is 38.3 Å². The fourth-order valence-electron chi connectivity index (χ4n) is 3.07. The summed E-state index contributed by atoms with van der Waals surface area (Å²) in [4.78, 5) is 31.2. The second-order valence-electron chi connectivity index (χ2n) is 6.78. The zero-order valence-electron chi connectivity index (χ0n) is 17.2. The van der Waals surface area contributed by atoms with E-state index in [4.69, 9.17) is 21.7 Å². The van der Waals surface area contributed by atoms with Gasteiger partial charge in [-0.2, -0.15) is 5.10 Å². The Morgan fingerprint density at radius 1 is 1.25 bits per heavy atom. The molecule has 0 aliphatic carbocycles. The number of rotatable bonds is 6. The fraction of sp³-hybridized carbons (Fsp3) is 0.316. The van der Waals surface area contributed by atoms with Gasteiger partial charge in [0.25, 0.3) is 11.8 Å². The Bertz CT molecular complexity index is 1150. The first kappa shape index (κ1) is 21.9. The molecule has 1 saturated heterocycles. The Morgan fingerprint density at radius 2 is 2.00 bits per heavy atom. The number of anilines is 1. The second kappa shape index (κ2) is 9.89. The Labute approximate surface area is 192 Å². The number of nitrogens with zero attached hydrogens (tertiary/aromatic N) is 4. The predicted octanol–water partition coefficient (Wildman–Crippen LogP) is 1.37. The molecule has 0 bridgehead atoms. The van der Waals surface area contributed by atoms with Gasteiger partial charge in [-0.1, -0.05) is 0 Å². The number of hydrogen-bond acceptors (Lipinski definition) is 9. The maximum Gasteiger partial charge on any atom is 0.289 e. The van der Waals surface area contributed by atoms with E-state index in [1.165, 1.54) is 15.9 Å². The van der Waals surface area contributed by atoms with E-state index in [-0.39, 0.29) is 17.0 Å². The van der Waals surface area contributed by atoms with Gasteiger partial charge in [-0.25, -0.2) is 4.98 Å². The summed E-state index contributed by atoms with van der Waals surface area (Å²) in [7, 11) is 1.58. The first-order valence-corrected chi connectivity index (χ1v) is 11.0. The summed E-state index contributed by atoms with van der Waals surface area (Å²) in [6.07, 6.45) is 0. The van der Waals surface area contributed by atoms with Crippen molar-refractivity contribution in [1.82, 2.24) is 30.6 Å². The quantitative estimate of drug-likeness (QED) is 0.361. The van der Waals surface area contributed by atoms with Crippen molar-refractivity contribution in [3.63, 3.8) is 0 Å². The molecule has 1 aliphatic rings. The molecular weight excluding hydrogens is 454 g/mol. The van der Waals surface area contributed by atoms with Gasteiger partial charge in [0.1, 0.15) is 18.0 Å². The van der Waals surface area contributed by atoms with Gasteiger partial charge in [0.05, 0.1) is 20.3 Å². The number of hydrazine groups is 1. The van der Waals surface area contributed by atoms with E-state index >= 15 is 0 Å². The van der Waals surface area contributed by atoms with Crippen LogP contribution in [-0.4, -0.2) is 65.0 Å². The number of hydrogen-bond donors (Lipinski definition) is 3. The summed E-state index contributed by atoms with van der Waals surface area (Å²) in [5.41, 5.74) is 5.77. The molecule has 3 heterocycles. The van der Waals surface area contributed by atoms with Crippen LogP contribution in [0.5, 0.6) is 5.75 Å². The molecule has 2 aromatic heterocycles. The summed E-state index contributed by atoms with van der Waals surface area (Å²) in [6.45, 7) is 2.59. The fourth-order valence-corrected chi connectivity index (χ4v) is 4.12. The second-order valence-corrected chi connectivity index (χ2v) is 8.01. The lowest BCUT2D eigenvalue weighted by Crippen LogP contribution is -2.43. The molecule has 0 radical (unpaired) electrons. The minimum absolute atomic E-state index is 0.132. The third-order valence-electron chi connectivity index (χ3n) is 4.73. The number of amides is 2. The highest BCUT2D eigenvalue weighted by Gasteiger charge is 2.18. The van der Waals surface area contributed by atoms with E-state index in [2.05, 4.69) is 30.9 Å². The zero-order chi connectivity index (χ0) is 22.5. The Kier molecular flexibility index (Phi) is 6.78. The van der Waals surface area contributed by atoms with Crippen LogP contribution in [0.2, 0.25) is 0 Å². The molecule has 11 nitrogen and oxygen atoms in total. The first-order chi connectivity index (χ1) is 15.5. The van der Waals surface area contributed by atoms with Crippen LogP contribution in [0.25, 0.3) is 11.4 Å². The SMILES string of the molecule is COc1ccc(-c2n[nH]c(=S)n2CC(=O)NNC(=O)c2csc(N3CCOCC3)n2)cc1. The zero-order valence-corrected chi connectivity index (χ0v) is 18.8. The van der Waals surface area contributed by atoms with E-state index in [1.807, 2.05) is 12.1 Å². The van der Waals surface area contributed by atoms with Crippen molar-refractivity contribution in [3.05, 3.63) is 40.1 Å². The molecule has 168 valence electrons. The van der Waals surface area contributed by atoms with Crippen LogP contribution < -0.4 is 20.5 Å². The number of methoxy groups -OCH3 is 1. The molecule has 2 amide bonds. The van der Waals surface area contributed by atoms with Crippen LogP contribution in [0, 0.1) is 4.77 Å². The molecular formula is C19H21N7O4S2. The van der Waals surface area contributed by atoms with E-state index in [0.717, 1.165) is 23.8 Å². The van der Waals surface area contributed by atoms with Crippen LogP contribution in [-0.2, 0) is 16.1 Å². The van der Waals surface area contributed by atoms with Crippen molar-refractivity contribution in [2.24, 2.45) is 0 Å². The molecule has 0 spiro atoms. The molecule has 0 unspecified atom stereocenters. The maximum absolute atomic E-state index is 12.4. The number of H-pyrrole nitrogens is 1.